The number of fused-ring (bicyclic) bond motifs is 1. The first-order valence-corrected chi connectivity index (χ1v) is 8.42. The van der Waals surface area contributed by atoms with Crippen LogP contribution in [0.5, 0.6) is 0 Å². The molecular weight excluding hydrogens is 368 g/mol. The summed E-state index contributed by atoms with van der Waals surface area (Å²) in [6.45, 7) is -2.80. The molecule has 2 amide bonds. The molecule has 1 atom stereocenters. The molecule has 4 rings (SSSR count). The Morgan fingerprint density at radius 3 is 2.57 bits per heavy atom. The molecule has 0 spiro atoms. The second kappa shape index (κ2) is 7.20. The Hall–Kier alpha value is -3.59. The minimum atomic E-state index is -2.80. The van der Waals surface area contributed by atoms with E-state index in [1.807, 2.05) is 12.1 Å². The van der Waals surface area contributed by atoms with E-state index in [2.05, 4.69) is 21.3 Å². The summed E-state index contributed by atoms with van der Waals surface area (Å²) in [6.07, 6.45) is 1.04. The number of rotatable bonds is 4. The summed E-state index contributed by atoms with van der Waals surface area (Å²) in [6, 6.07) is 15.3. The van der Waals surface area contributed by atoms with Gasteiger partial charge in [-0.05, 0) is 35.4 Å². The SMILES string of the molecule is O=C(Nc1ccc(C2NNC(=O)c3ccccc32)cc1)c1ccn(C(F)F)n1. The topological polar surface area (TPSA) is 88.0 Å². The fraction of sp³-hybridized carbons (Fsp3) is 0.105. The van der Waals surface area contributed by atoms with Gasteiger partial charge < -0.3 is 5.32 Å². The van der Waals surface area contributed by atoms with Crippen LogP contribution in [0.1, 0.15) is 44.6 Å². The lowest BCUT2D eigenvalue weighted by Gasteiger charge is -2.27. The number of carbonyl (C=O) groups is 2. The number of halogens is 2. The van der Waals surface area contributed by atoms with Gasteiger partial charge in [0.1, 0.15) is 0 Å². The quantitative estimate of drug-likeness (QED) is 0.647. The van der Waals surface area contributed by atoms with E-state index in [0.717, 1.165) is 17.3 Å². The Morgan fingerprint density at radius 1 is 1.11 bits per heavy atom. The average Bonchev–Trinajstić information content (AvgIpc) is 3.20. The highest BCUT2D eigenvalue weighted by molar-refractivity contribution is 6.02. The van der Waals surface area contributed by atoms with Crippen LogP contribution >= 0.6 is 0 Å². The van der Waals surface area contributed by atoms with E-state index in [-0.39, 0.29) is 17.6 Å². The number of carbonyl (C=O) groups excluding carboxylic acids is 2. The normalized spacial score (nSPS) is 15.8. The zero-order valence-corrected chi connectivity index (χ0v) is 14.4. The Kier molecular flexibility index (Phi) is 4.58. The summed E-state index contributed by atoms with van der Waals surface area (Å²) in [5, 5.41) is 6.15. The molecule has 3 N–H and O–H groups in total. The summed E-state index contributed by atoms with van der Waals surface area (Å²) in [5.74, 6) is -0.778. The van der Waals surface area contributed by atoms with E-state index in [1.54, 1.807) is 36.4 Å². The van der Waals surface area contributed by atoms with Gasteiger partial charge >= 0.3 is 6.55 Å². The van der Waals surface area contributed by atoms with Crippen LogP contribution in [0.15, 0.2) is 60.8 Å². The molecule has 1 aliphatic heterocycles. The zero-order chi connectivity index (χ0) is 19.7. The van der Waals surface area contributed by atoms with Crippen LogP contribution in [0.2, 0.25) is 0 Å². The van der Waals surface area contributed by atoms with Gasteiger partial charge in [0.2, 0.25) is 0 Å². The molecule has 0 aliphatic carbocycles. The van der Waals surface area contributed by atoms with Crippen molar-refractivity contribution >= 4 is 17.5 Å². The van der Waals surface area contributed by atoms with Gasteiger partial charge in [-0.25, -0.2) is 10.1 Å². The number of alkyl halides is 2. The van der Waals surface area contributed by atoms with Gasteiger partial charge in [-0.3, -0.25) is 15.0 Å². The van der Waals surface area contributed by atoms with E-state index in [1.165, 1.54) is 6.07 Å². The van der Waals surface area contributed by atoms with Crippen LogP contribution in [0.3, 0.4) is 0 Å². The molecule has 7 nitrogen and oxygen atoms in total. The number of nitrogens with one attached hydrogen (secondary N) is 3. The number of hydrogen-bond donors (Lipinski definition) is 3. The highest BCUT2D eigenvalue weighted by Gasteiger charge is 2.25. The summed E-state index contributed by atoms with van der Waals surface area (Å²) in [7, 11) is 0. The predicted molar refractivity (Wildman–Crippen MR) is 96.8 cm³/mol. The van der Waals surface area contributed by atoms with E-state index in [0.29, 0.717) is 15.9 Å². The molecule has 0 fully saturated rings. The molecule has 1 unspecified atom stereocenters. The monoisotopic (exact) mass is 383 g/mol. The van der Waals surface area contributed by atoms with Crippen molar-refractivity contribution in [2.45, 2.75) is 12.6 Å². The number of benzene rings is 2. The second-order valence-electron chi connectivity index (χ2n) is 6.15. The maximum atomic E-state index is 12.6. The van der Waals surface area contributed by atoms with Crippen molar-refractivity contribution in [2.75, 3.05) is 5.32 Å². The third-order valence-electron chi connectivity index (χ3n) is 4.39. The molecule has 2 aromatic carbocycles. The van der Waals surface area contributed by atoms with Crippen LogP contribution in [0.4, 0.5) is 14.5 Å². The van der Waals surface area contributed by atoms with Gasteiger partial charge in [0.05, 0.1) is 6.04 Å². The molecule has 0 bridgehead atoms. The lowest BCUT2D eigenvalue weighted by Crippen LogP contribution is -2.45. The first kappa shape index (κ1) is 17.8. The summed E-state index contributed by atoms with van der Waals surface area (Å²) < 4.78 is 25.5. The molecule has 1 aromatic heterocycles. The first-order chi connectivity index (χ1) is 13.5. The lowest BCUT2D eigenvalue weighted by molar-refractivity contribution is 0.0561. The Labute approximate surface area is 158 Å². The Bertz CT molecular complexity index is 1030. The molecule has 0 saturated heterocycles. The van der Waals surface area contributed by atoms with Crippen molar-refractivity contribution in [1.29, 1.82) is 0 Å². The van der Waals surface area contributed by atoms with Crippen molar-refractivity contribution in [1.82, 2.24) is 20.6 Å². The van der Waals surface area contributed by atoms with Gasteiger partial charge in [0, 0.05) is 17.4 Å². The number of hydrazine groups is 1. The molecule has 0 saturated carbocycles. The van der Waals surface area contributed by atoms with Crippen LogP contribution in [-0.4, -0.2) is 21.6 Å². The highest BCUT2D eigenvalue weighted by Crippen LogP contribution is 2.28. The summed E-state index contributed by atoms with van der Waals surface area (Å²) in [4.78, 5) is 24.1. The third-order valence-corrected chi connectivity index (χ3v) is 4.39. The largest absolute Gasteiger partial charge is 0.333 e. The third kappa shape index (κ3) is 3.35. The van der Waals surface area contributed by atoms with Gasteiger partial charge in [0.25, 0.3) is 11.8 Å². The summed E-state index contributed by atoms with van der Waals surface area (Å²) in [5.41, 5.74) is 8.32. The van der Waals surface area contributed by atoms with Crippen molar-refractivity contribution < 1.29 is 18.4 Å². The van der Waals surface area contributed by atoms with Crippen LogP contribution in [-0.2, 0) is 0 Å². The van der Waals surface area contributed by atoms with Crippen molar-refractivity contribution in [3.8, 4) is 0 Å². The lowest BCUT2D eigenvalue weighted by atomic mass is 9.93. The smallest absolute Gasteiger partial charge is 0.321 e. The molecule has 0 radical (unpaired) electrons. The number of anilines is 1. The second-order valence-corrected chi connectivity index (χ2v) is 6.15. The zero-order valence-electron chi connectivity index (χ0n) is 14.4. The minimum Gasteiger partial charge on any atom is -0.321 e. The number of hydrogen-bond acceptors (Lipinski definition) is 4. The minimum absolute atomic E-state index is 0.102. The van der Waals surface area contributed by atoms with Gasteiger partial charge in [-0.1, -0.05) is 30.3 Å². The fourth-order valence-corrected chi connectivity index (χ4v) is 3.02. The number of aromatic nitrogens is 2. The fourth-order valence-electron chi connectivity index (χ4n) is 3.02. The molecule has 142 valence electrons. The molecule has 28 heavy (non-hydrogen) atoms. The van der Waals surface area contributed by atoms with Crippen LogP contribution in [0.25, 0.3) is 0 Å². The highest BCUT2D eigenvalue weighted by atomic mass is 19.3. The predicted octanol–water partition coefficient (Wildman–Crippen LogP) is 2.87. The van der Waals surface area contributed by atoms with E-state index in [9.17, 15) is 18.4 Å². The van der Waals surface area contributed by atoms with E-state index < -0.39 is 12.5 Å². The van der Waals surface area contributed by atoms with Gasteiger partial charge in [0.15, 0.2) is 5.69 Å². The van der Waals surface area contributed by atoms with Gasteiger partial charge in [-0.2, -0.15) is 13.9 Å². The standard InChI is InChI=1S/C19H15F2N5O2/c20-19(21)26-10-9-15(25-26)18(28)22-12-7-5-11(6-8-12)16-13-3-1-2-4-14(13)17(27)24-23-16/h1-10,16,19,23H,(H,22,28)(H,24,27). The van der Waals surface area contributed by atoms with Crippen LogP contribution in [0, 0.1) is 0 Å². The summed E-state index contributed by atoms with van der Waals surface area (Å²) >= 11 is 0. The van der Waals surface area contributed by atoms with Crippen molar-refractivity contribution in [3.63, 3.8) is 0 Å². The Morgan fingerprint density at radius 2 is 1.86 bits per heavy atom. The van der Waals surface area contributed by atoms with Crippen molar-refractivity contribution in [3.05, 3.63) is 83.2 Å². The molecule has 3 aromatic rings. The maximum Gasteiger partial charge on any atom is 0.333 e. The number of nitrogens with zero attached hydrogens (tertiary/aromatic N) is 2. The van der Waals surface area contributed by atoms with Crippen LogP contribution < -0.4 is 16.2 Å². The molecular formula is C19H15F2N5O2. The van der Waals surface area contributed by atoms with E-state index >= 15 is 0 Å². The molecule has 9 heteroatoms. The van der Waals surface area contributed by atoms with Gasteiger partial charge in [-0.15, -0.1) is 0 Å². The number of amides is 2. The average molecular weight is 383 g/mol. The first-order valence-electron chi connectivity index (χ1n) is 8.42. The molecule has 1 aliphatic rings. The maximum absolute atomic E-state index is 12.6. The van der Waals surface area contributed by atoms with Crippen molar-refractivity contribution in [2.24, 2.45) is 0 Å². The van der Waals surface area contributed by atoms with E-state index in [4.69, 9.17) is 0 Å². The molecule has 2 heterocycles. The Balaban J connectivity index is 1.51.